The number of pyridine rings is 1. The van der Waals surface area contributed by atoms with Gasteiger partial charge in [0.1, 0.15) is 5.75 Å². The predicted octanol–water partition coefficient (Wildman–Crippen LogP) is 5.40. The van der Waals surface area contributed by atoms with Crippen LogP contribution in [0.15, 0.2) is 79.1 Å². The Morgan fingerprint density at radius 3 is 2.04 bits per heavy atom. The Morgan fingerprint density at radius 2 is 1.50 bits per heavy atom. The zero-order valence-corrected chi connectivity index (χ0v) is 16.3. The second kappa shape index (κ2) is 9.03. The summed E-state index contributed by atoms with van der Waals surface area (Å²) >= 11 is 0. The fraction of sp³-hybridized carbons (Fsp3) is 0.320. The minimum atomic E-state index is 0.328. The molecule has 2 bridgehead atoms. The molecule has 28 heavy (non-hydrogen) atoms. The maximum Gasteiger partial charge on any atom is 0.118 e. The maximum absolute atomic E-state index is 5.26. The van der Waals surface area contributed by atoms with Crippen LogP contribution in [0.3, 0.4) is 0 Å². The molecule has 0 radical (unpaired) electrons. The van der Waals surface area contributed by atoms with Crippen LogP contribution in [0.1, 0.15) is 41.9 Å². The molecule has 3 atom stereocenters. The van der Waals surface area contributed by atoms with Crippen molar-refractivity contribution < 1.29 is 9.47 Å². The van der Waals surface area contributed by atoms with Gasteiger partial charge in [0, 0.05) is 18.3 Å². The molecule has 3 aromatic rings. The zero-order valence-electron chi connectivity index (χ0n) is 16.3. The second-order valence-electron chi connectivity index (χ2n) is 7.49. The molecule has 144 valence electrons. The van der Waals surface area contributed by atoms with E-state index in [1.807, 2.05) is 24.5 Å². The lowest BCUT2D eigenvalue weighted by Gasteiger charge is -2.23. The Bertz CT molecular complexity index is 829. The van der Waals surface area contributed by atoms with Gasteiger partial charge in [-0.15, -0.1) is 0 Å². The summed E-state index contributed by atoms with van der Waals surface area (Å²) in [5.74, 6) is 1.22. The lowest BCUT2D eigenvalue weighted by Crippen LogP contribution is -2.25. The summed E-state index contributed by atoms with van der Waals surface area (Å²) in [6.45, 7) is 0. The molecule has 3 fully saturated rings. The number of nitrogens with zero attached hydrogens (tertiary/aromatic N) is 1. The molecule has 3 unspecified atom stereocenters. The minimum absolute atomic E-state index is 0.328. The first-order valence-electron chi connectivity index (χ1n) is 10.0. The van der Waals surface area contributed by atoms with E-state index in [4.69, 9.17) is 9.47 Å². The van der Waals surface area contributed by atoms with Crippen LogP contribution in [0.5, 0.6) is 5.75 Å². The molecule has 3 heteroatoms. The predicted molar refractivity (Wildman–Crippen MR) is 112 cm³/mol. The van der Waals surface area contributed by atoms with Crippen LogP contribution in [-0.2, 0) is 11.2 Å². The van der Waals surface area contributed by atoms with Crippen molar-refractivity contribution in [3.8, 4) is 5.75 Å². The number of hydrogen-bond acceptors (Lipinski definition) is 3. The molecule has 1 aliphatic carbocycles. The normalized spacial score (nSPS) is 20.5. The number of fused-ring (bicyclic) bond motifs is 1. The second-order valence-corrected chi connectivity index (χ2v) is 7.49. The average Bonchev–Trinajstić information content (AvgIpc) is 3.41. The van der Waals surface area contributed by atoms with E-state index < -0.39 is 0 Å². The van der Waals surface area contributed by atoms with Crippen LogP contribution in [0.25, 0.3) is 0 Å². The fourth-order valence-electron chi connectivity index (χ4n) is 4.00. The largest absolute Gasteiger partial charge is 0.497 e. The van der Waals surface area contributed by atoms with E-state index in [9.17, 15) is 0 Å². The third-order valence-electron chi connectivity index (χ3n) is 5.63. The molecule has 2 aliphatic heterocycles. The summed E-state index contributed by atoms with van der Waals surface area (Å²) in [5.41, 5.74) is 3.91. The molecule has 0 spiro atoms. The first-order valence-corrected chi connectivity index (χ1v) is 10.0. The van der Waals surface area contributed by atoms with Gasteiger partial charge >= 0.3 is 0 Å². The highest BCUT2D eigenvalue weighted by atomic mass is 16.5. The topological polar surface area (TPSA) is 31.4 Å². The first kappa shape index (κ1) is 18.7. The average molecular weight is 373 g/mol. The van der Waals surface area contributed by atoms with Crippen LogP contribution in [0.4, 0.5) is 0 Å². The van der Waals surface area contributed by atoms with Crippen molar-refractivity contribution in [2.45, 2.75) is 43.8 Å². The number of hydrogen-bond donors (Lipinski definition) is 0. The first-order chi connectivity index (χ1) is 13.8. The lowest BCUT2D eigenvalue weighted by atomic mass is 9.86. The molecule has 0 amide bonds. The number of methoxy groups -OCH3 is 1. The Morgan fingerprint density at radius 1 is 0.893 bits per heavy atom. The van der Waals surface area contributed by atoms with Crippen LogP contribution >= 0.6 is 0 Å². The van der Waals surface area contributed by atoms with E-state index in [1.54, 1.807) is 7.11 Å². The quantitative estimate of drug-likeness (QED) is 0.600. The molecular formula is C25H27NO2. The third kappa shape index (κ3) is 4.60. The van der Waals surface area contributed by atoms with Crippen LogP contribution in [-0.4, -0.2) is 24.3 Å². The minimum Gasteiger partial charge on any atom is -0.497 e. The molecule has 2 saturated heterocycles. The summed E-state index contributed by atoms with van der Waals surface area (Å²) < 4.78 is 10.5. The van der Waals surface area contributed by atoms with Crippen LogP contribution in [0.2, 0.25) is 0 Å². The lowest BCUT2D eigenvalue weighted by molar-refractivity contribution is -0.0647. The van der Waals surface area contributed by atoms with Gasteiger partial charge in [0.2, 0.25) is 0 Å². The van der Waals surface area contributed by atoms with Gasteiger partial charge in [0.25, 0.3) is 0 Å². The highest BCUT2D eigenvalue weighted by Gasteiger charge is 2.36. The van der Waals surface area contributed by atoms with Gasteiger partial charge in [0.15, 0.2) is 0 Å². The van der Waals surface area contributed by atoms with E-state index in [1.165, 1.54) is 36.0 Å². The smallest absolute Gasteiger partial charge is 0.118 e. The Balaban J connectivity index is 0.000000268. The summed E-state index contributed by atoms with van der Waals surface area (Å²) in [7, 11) is 1.70. The molecule has 1 saturated carbocycles. The SMILES string of the molecule is C1CC2CC1O2.COc1ccc(C(Cc2ccncc2)c2ccccc2)cc1. The highest BCUT2D eigenvalue weighted by molar-refractivity contribution is 5.37. The highest BCUT2D eigenvalue weighted by Crippen LogP contribution is 2.36. The van der Waals surface area contributed by atoms with Crippen molar-refractivity contribution in [1.29, 1.82) is 0 Å². The van der Waals surface area contributed by atoms with Crippen molar-refractivity contribution >= 4 is 0 Å². The van der Waals surface area contributed by atoms with Gasteiger partial charge in [-0.25, -0.2) is 0 Å². The van der Waals surface area contributed by atoms with Crippen LogP contribution in [0, 0.1) is 0 Å². The summed E-state index contributed by atoms with van der Waals surface area (Å²) in [5, 5.41) is 0. The summed E-state index contributed by atoms with van der Waals surface area (Å²) in [4.78, 5) is 4.10. The molecule has 2 aromatic carbocycles. The van der Waals surface area contributed by atoms with Crippen LogP contribution < -0.4 is 4.74 Å². The molecule has 6 rings (SSSR count). The molecule has 0 N–H and O–H groups in total. The van der Waals surface area contributed by atoms with Gasteiger partial charge in [0.05, 0.1) is 19.3 Å². The van der Waals surface area contributed by atoms with Crippen molar-refractivity contribution in [2.75, 3.05) is 7.11 Å². The van der Waals surface area contributed by atoms with E-state index in [0.717, 1.165) is 12.2 Å². The van der Waals surface area contributed by atoms with E-state index in [0.29, 0.717) is 18.1 Å². The maximum atomic E-state index is 5.26. The molecule has 1 aromatic heterocycles. The van der Waals surface area contributed by atoms with Crippen molar-refractivity contribution in [1.82, 2.24) is 4.98 Å². The van der Waals surface area contributed by atoms with Gasteiger partial charge in [-0.2, -0.15) is 0 Å². The third-order valence-corrected chi connectivity index (χ3v) is 5.63. The Hall–Kier alpha value is -2.65. The molecule has 3 aliphatic rings. The molecule has 3 heterocycles. The van der Waals surface area contributed by atoms with Gasteiger partial charge in [-0.3, -0.25) is 4.98 Å². The standard InChI is InChI=1S/C20H19NO.C5H8O/c1-22-19-9-7-18(8-10-19)20(17-5-3-2-4-6-17)15-16-11-13-21-14-12-16;1-2-5-3-4(1)6-5/h2-14,20H,15H2,1H3;4-5H,1-3H2. The van der Waals surface area contributed by atoms with E-state index in [2.05, 4.69) is 59.6 Å². The van der Waals surface area contributed by atoms with Crippen molar-refractivity contribution in [3.05, 3.63) is 95.8 Å². The van der Waals surface area contributed by atoms with Gasteiger partial charge in [-0.05, 0) is 66.6 Å². The van der Waals surface area contributed by atoms with E-state index in [-0.39, 0.29) is 0 Å². The number of benzene rings is 2. The van der Waals surface area contributed by atoms with Gasteiger partial charge in [-0.1, -0.05) is 42.5 Å². The van der Waals surface area contributed by atoms with E-state index >= 15 is 0 Å². The summed E-state index contributed by atoms with van der Waals surface area (Å²) in [6.07, 6.45) is 10.1. The Kier molecular flexibility index (Phi) is 6.03. The molecular weight excluding hydrogens is 346 g/mol. The number of aromatic nitrogens is 1. The van der Waals surface area contributed by atoms with Crippen molar-refractivity contribution in [3.63, 3.8) is 0 Å². The van der Waals surface area contributed by atoms with Crippen molar-refractivity contribution in [2.24, 2.45) is 0 Å². The monoisotopic (exact) mass is 373 g/mol. The molecule has 3 nitrogen and oxygen atoms in total. The summed E-state index contributed by atoms with van der Waals surface area (Å²) in [6, 6.07) is 23.1. The number of rotatable bonds is 5. The number of ether oxygens (including phenoxy) is 2. The fourth-order valence-corrected chi connectivity index (χ4v) is 4.00. The van der Waals surface area contributed by atoms with Gasteiger partial charge < -0.3 is 9.47 Å². The zero-order chi connectivity index (χ0) is 19.2. The Labute approximate surface area is 167 Å².